The molecule has 0 fully saturated rings. The lowest BCUT2D eigenvalue weighted by Crippen LogP contribution is -2.27. The van der Waals surface area contributed by atoms with Crippen LogP contribution in [0, 0.1) is 10.1 Å². The van der Waals surface area contributed by atoms with E-state index < -0.39 is 15.4 Å². The first-order valence-electron chi connectivity index (χ1n) is 4.22. The summed E-state index contributed by atoms with van der Waals surface area (Å²) in [5, 5.41) is 9.23. The minimum Gasteiger partial charge on any atom is -0.497 e. The van der Waals surface area contributed by atoms with Crippen molar-refractivity contribution in [1.82, 2.24) is 5.53 Å². The van der Waals surface area contributed by atoms with Crippen LogP contribution in [-0.4, -0.2) is 29.7 Å². The first-order chi connectivity index (χ1) is 8.22. The molecule has 0 aromatic heterocycles. The van der Waals surface area contributed by atoms with Crippen LogP contribution in [0.15, 0.2) is 24.3 Å². The number of ether oxygens (including phenoxy) is 1. The predicted molar refractivity (Wildman–Crippen MR) is 60.9 cm³/mol. The summed E-state index contributed by atoms with van der Waals surface area (Å²) in [6.07, 6.45) is 0. The van der Waals surface area contributed by atoms with Crippen molar-refractivity contribution in [1.29, 1.82) is 0 Å². The van der Waals surface area contributed by atoms with Gasteiger partial charge in [-0.05, 0) is 29.8 Å². The van der Waals surface area contributed by atoms with Crippen LogP contribution in [0.5, 0.6) is 5.75 Å². The highest BCUT2D eigenvalue weighted by atomic mass is 32.3. The van der Waals surface area contributed by atoms with Gasteiger partial charge in [0.25, 0.3) is 0 Å². The summed E-state index contributed by atoms with van der Waals surface area (Å²) < 4.78 is 36.5. The second-order valence-electron chi connectivity index (χ2n) is 2.67. The third-order valence-corrected chi connectivity index (χ3v) is 1.38. The standard InChI is InChI=1S/C7H9N3O3.H2O4S/c1-13-7-4-2-6(3-5-7)8-9-10(11)12;1-5(2,3)4/h2-5,8-9H,1H3;(H2,1,2,3,4). The van der Waals surface area contributed by atoms with E-state index >= 15 is 0 Å². The molecule has 10 nitrogen and oxygen atoms in total. The van der Waals surface area contributed by atoms with E-state index in [1.54, 1.807) is 31.4 Å². The molecule has 0 aliphatic carbocycles. The molecule has 0 spiro atoms. The molecule has 102 valence electrons. The molecule has 0 saturated heterocycles. The first-order valence-corrected chi connectivity index (χ1v) is 5.62. The zero-order valence-corrected chi connectivity index (χ0v) is 9.92. The summed E-state index contributed by atoms with van der Waals surface area (Å²) in [7, 11) is -3.11. The summed E-state index contributed by atoms with van der Waals surface area (Å²) in [5.41, 5.74) is 4.82. The highest BCUT2D eigenvalue weighted by Gasteiger charge is 1.95. The molecule has 1 rings (SSSR count). The van der Waals surface area contributed by atoms with Crippen LogP contribution in [0.4, 0.5) is 5.69 Å². The van der Waals surface area contributed by atoms with E-state index in [9.17, 15) is 10.1 Å². The van der Waals surface area contributed by atoms with Gasteiger partial charge in [-0.2, -0.15) is 8.42 Å². The van der Waals surface area contributed by atoms with Crippen LogP contribution in [0.1, 0.15) is 0 Å². The second-order valence-corrected chi connectivity index (χ2v) is 3.57. The Labute approximate surface area is 102 Å². The van der Waals surface area contributed by atoms with E-state index in [-0.39, 0.29) is 0 Å². The van der Waals surface area contributed by atoms with Gasteiger partial charge < -0.3 is 4.74 Å². The van der Waals surface area contributed by atoms with E-state index in [0.717, 1.165) is 0 Å². The van der Waals surface area contributed by atoms with Crippen LogP contribution < -0.4 is 15.7 Å². The van der Waals surface area contributed by atoms with Gasteiger partial charge >= 0.3 is 10.4 Å². The van der Waals surface area contributed by atoms with Gasteiger partial charge in [0.15, 0.2) is 5.03 Å². The molecule has 1 aromatic rings. The fourth-order valence-electron chi connectivity index (χ4n) is 0.785. The summed E-state index contributed by atoms with van der Waals surface area (Å²) in [6.45, 7) is 0. The van der Waals surface area contributed by atoms with Crippen LogP contribution in [-0.2, 0) is 10.4 Å². The number of anilines is 1. The Morgan fingerprint density at radius 2 is 1.72 bits per heavy atom. The molecule has 4 N–H and O–H groups in total. The molecule has 0 bridgehead atoms. The monoisotopic (exact) mass is 281 g/mol. The number of methoxy groups -OCH3 is 1. The van der Waals surface area contributed by atoms with Crippen molar-refractivity contribution in [2.24, 2.45) is 0 Å². The minimum atomic E-state index is -4.67. The molecule has 0 amide bonds. The third-order valence-electron chi connectivity index (χ3n) is 1.38. The zero-order valence-electron chi connectivity index (χ0n) is 9.10. The SMILES string of the molecule is COc1ccc(NN[N+](=O)[O-])cc1.O=S(=O)(O)O. The maximum Gasteiger partial charge on any atom is 0.394 e. The van der Waals surface area contributed by atoms with Crippen molar-refractivity contribution in [3.05, 3.63) is 34.4 Å². The van der Waals surface area contributed by atoms with Gasteiger partial charge in [-0.25, -0.2) is 15.5 Å². The average molecular weight is 281 g/mol. The van der Waals surface area contributed by atoms with Crippen molar-refractivity contribution in [2.45, 2.75) is 0 Å². The lowest BCUT2D eigenvalue weighted by Gasteiger charge is -2.03. The van der Waals surface area contributed by atoms with E-state index in [1.807, 2.05) is 5.53 Å². The molecular weight excluding hydrogens is 270 g/mol. The quantitative estimate of drug-likeness (QED) is 0.343. The summed E-state index contributed by atoms with van der Waals surface area (Å²) >= 11 is 0. The van der Waals surface area contributed by atoms with Crippen molar-refractivity contribution in [3.8, 4) is 5.75 Å². The van der Waals surface area contributed by atoms with Gasteiger partial charge in [0.2, 0.25) is 0 Å². The van der Waals surface area contributed by atoms with Gasteiger partial charge in [0, 0.05) is 0 Å². The number of nitrogens with one attached hydrogen (secondary N) is 2. The largest absolute Gasteiger partial charge is 0.497 e. The fourth-order valence-corrected chi connectivity index (χ4v) is 0.785. The van der Waals surface area contributed by atoms with E-state index in [1.165, 1.54) is 0 Å². The summed E-state index contributed by atoms with van der Waals surface area (Å²) in [6, 6.07) is 6.72. The van der Waals surface area contributed by atoms with Crippen LogP contribution in [0.3, 0.4) is 0 Å². The Kier molecular flexibility index (Phi) is 6.41. The van der Waals surface area contributed by atoms with Crippen LogP contribution >= 0.6 is 0 Å². The number of hydrogen-bond acceptors (Lipinski definition) is 6. The number of hydrazine groups is 2. The third kappa shape index (κ3) is 10.4. The molecule has 0 saturated carbocycles. The van der Waals surface area contributed by atoms with Gasteiger partial charge in [-0.1, -0.05) is 0 Å². The smallest absolute Gasteiger partial charge is 0.394 e. The molecule has 1 aromatic carbocycles. The Hall–Kier alpha value is -2.11. The highest BCUT2D eigenvalue weighted by molar-refractivity contribution is 7.79. The van der Waals surface area contributed by atoms with E-state index in [0.29, 0.717) is 11.4 Å². The number of nitrogens with zero attached hydrogens (tertiary/aromatic N) is 1. The minimum absolute atomic E-state index is 0.595. The molecule has 0 aliphatic rings. The summed E-state index contributed by atoms with van der Waals surface area (Å²) in [5.74, 6) is 0.701. The zero-order chi connectivity index (χ0) is 14.2. The Bertz CT molecular complexity index is 464. The Morgan fingerprint density at radius 1 is 1.28 bits per heavy atom. The predicted octanol–water partition coefficient (Wildman–Crippen LogP) is 0.151. The molecule has 0 atom stereocenters. The topological polar surface area (TPSA) is 151 Å². The van der Waals surface area contributed by atoms with Gasteiger partial charge in [-0.3, -0.25) is 9.11 Å². The van der Waals surface area contributed by atoms with Crippen LogP contribution in [0.25, 0.3) is 0 Å². The number of nitro groups is 1. The first kappa shape index (κ1) is 15.9. The molecule has 0 unspecified atom stereocenters. The maximum absolute atomic E-state index is 9.90. The van der Waals surface area contributed by atoms with Crippen LogP contribution in [0.2, 0.25) is 0 Å². The molecule has 0 aliphatic heterocycles. The van der Waals surface area contributed by atoms with Gasteiger partial charge in [0.05, 0.1) is 12.8 Å². The van der Waals surface area contributed by atoms with Crippen molar-refractivity contribution in [3.63, 3.8) is 0 Å². The average Bonchev–Trinajstić information content (AvgIpc) is 2.25. The maximum atomic E-state index is 9.90. The lowest BCUT2D eigenvalue weighted by atomic mass is 10.3. The van der Waals surface area contributed by atoms with Crippen molar-refractivity contribution in [2.75, 3.05) is 12.5 Å². The molecular formula is C7H11N3O7S. The second kappa shape index (κ2) is 7.26. The Morgan fingerprint density at radius 3 is 2.06 bits per heavy atom. The number of rotatable bonds is 4. The van der Waals surface area contributed by atoms with Crippen molar-refractivity contribution >= 4 is 16.1 Å². The van der Waals surface area contributed by atoms with Gasteiger partial charge in [-0.15, -0.1) is 0 Å². The molecule has 18 heavy (non-hydrogen) atoms. The molecule has 0 heterocycles. The molecule has 11 heteroatoms. The van der Waals surface area contributed by atoms with Crippen molar-refractivity contribution < 1.29 is 27.3 Å². The van der Waals surface area contributed by atoms with Gasteiger partial charge in [0.1, 0.15) is 5.75 Å². The number of benzene rings is 1. The van der Waals surface area contributed by atoms with E-state index in [4.69, 9.17) is 22.3 Å². The lowest BCUT2D eigenvalue weighted by molar-refractivity contribution is -0.538. The summed E-state index contributed by atoms with van der Waals surface area (Å²) in [4.78, 5) is 9.90. The fraction of sp³-hybridized carbons (Fsp3) is 0.143. The normalized spacial score (nSPS) is 9.72. The van der Waals surface area contributed by atoms with E-state index in [2.05, 4.69) is 5.43 Å². The Balaban J connectivity index is 0.000000494. The number of hydrogen-bond donors (Lipinski definition) is 4. The molecule has 0 radical (unpaired) electrons. The highest BCUT2D eigenvalue weighted by Crippen LogP contribution is 2.13.